The second-order valence-electron chi connectivity index (χ2n) is 3.08. The van der Waals surface area contributed by atoms with Crippen LogP contribution in [0.25, 0.3) is 0 Å². The van der Waals surface area contributed by atoms with Crippen molar-refractivity contribution >= 4 is 17.3 Å². The molecule has 6 nitrogen and oxygen atoms in total. The van der Waals surface area contributed by atoms with Crippen LogP contribution < -0.4 is 10.6 Å². The lowest BCUT2D eigenvalue weighted by Crippen LogP contribution is -2.29. The van der Waals surface area contributed by atoms with Gasteiger partial charge in [0.25, 0.3) is 5.69 Å². The highest BCUT2D eigenvalue weighted by atomic mass is 16.6. The molecule has 0 aliphatic heterocycles. The monoisotopic (exact) mass is 223 g/mol. The number of nitrogens with one attached hydrogen (secondary N) is 2. The maximum Gasteiger partial charge on any atom is 0.292 e. The van der Waals surface area contributed by atoms with E-state index in [2.05, 4.69) is 10.6 Å². The van der Waals surface area contributed by atoms with E-state index in [1.54, 1.807) is 18.2 Å². The van der Waals surface area contributed by atoms with Gasteiger partial charge in [0, 0.05) is 12.6 Å². The zero-order chi connectivity index (χ0) is 12.0. The van der Waals surface area contributed by atoms with Crippen molar-refractivity contribution < 1.29 is 9.72 Å². The zero-order valence-corrected chi connectivity index (χ0v) is 8.90. The Kier molecular flexibility index (Phi) is 4.26. The second-order valence-corrected chi connectivity index (χ2v) is 3.08. The van der Waals surface area contributed by atoms with Crippen LogP contribution in [-0.2, 0) is 4.79 Å². The fourth-order valence-corrected chi connectivity index (χ4v) is 1.22. The highest BCUT2D eigenvalue weighted by Crippen LogP contribution is 2.22. The molecule has 0 saturated heterocycles. The number of hydrogen-bond donors (Lipinski definition) is 2. The van der Waals surface area contributed by atoms with Crippen molar-refractivity contribution in [2.24, 2.45) is 0 Å². The maximum absolute atomic E-state index is 11.2. The zero-order valence-electron chi connectivity index (χ0n) is 8.90. The van der Waals surface area contributed by atoms with Gasteiger partial charge >= 0.3 is 0 Å². The summed E-state index contributed by atoms with van der Waals surface area (Å²) in [5, 5.41) is 16.0. The first kappa shape index (κ1) is 12.0. The molecule has 6 heteroatoms. The number of likely N-dealkylation sites (N-methyl/N-ethyl adjacent to an activating group) is 1. The van der Waals surface area contributed by atoms with Gasteiger partial charge in [-0.2, -0.15) is 0 Å². The smallest absolute Gasteiger partial charge is 0.292 e. The third kappa shape index (κ3) is 3.23. The Morgan fingerprint density at radius 2 is 2.12 bits per heavy atom. The van der Waals surface area contributed by atoms with Crippen LogP contribution in [0, 0.1) is 10.1 Å². The first-order valence-electron chi connectivity index (χ1n) is 4.89. The molecule has 0 aliphatic carbocycles. The fraction of sp³-hybridized carbons (Fsp3) is 0.300. The Balaban J connectivity index is 2.66. The molecular formula is C10H13N3O3. The van der Waals surface area contributed by atoms with Gasteiger partial charge in [0.15, 0.2) is 0 Å². The van der Waals surface area contributed by atoms with Crippen molar-refractivity contribution in [1.29, 1.82) is 0 Å². The summed E-state index contributed by atoms with van der Waals surface area (Å²) in [6.45, 7) is 2.37. The Hall–Kier alpha value is -2.11. The number of benzene rings is 1. The molecule has 0 aromatic heterocycles. The molecule has 86 valence electrons. The van der Waals surface area contributed by atoms with E-state index < -0.39 is 4.92 Å². The van der Waals surface area contributed by atoms with Crippen molar-refractivity contribution in [2.75, 3.05) is 18.4 Å². The van der Waals surface area contributed by atoms with Crippen LogP contribution in [-0.4, -0.2) is 23.9 Å². The molecule has 0 aliphatic rings. The van der Waals surface area contributed by atoms with Crippen molar-refractivity contribution in [3.05, 3.63) is 34.4 Å². The minimum atomic E-state index is -0.486. The molecule has 0 fully saturated rings. The lowest BCUT2D eigenvalue weighted by atomic mass is 10.2. The van der Waals surface area contributed by atoms with Gasteiger partial charge in [-0.05, 0) is 13.0 Å². The number of rotatable bonds is 5. The minimum absolute atomic E-state index is 0.0265. The summed E-state index contributed by atoms with van der Waals surface area (Å²) in [4.78, 5) is 21.3. The summed E-state index contributed by atoms with van der Waals surface area (Å²) in [6.07, 6.45) is 0. The first-order chi connectivity index (χ1) is 7.65. The van der Waals surface area contributed by atoms with Crippen LogP contribution in [0.5, 0.6) is 0 Å². The van der Waals surface area contributed by atoms with Gasteiger partial charge in [0.2, 0.25) is 5.91 Å². The Morgan fingerprint density at radius 3 is 2.75 bits per heavy atom. The third-order valence-electron chi connectivity index (χ3n) is 1.91. The first-order valence-corrected chi connectivity index (χ1v) is 4.89. The lowest BCUT2D eigenvalue weighted by molar-refractivity contribution is -0.383. The van der Waals surface area contributed by atoms with E-state index in [0.717, 1.165) is 0 Å². The van der Waals surface area contributed by atoms with Crippen LogP contribution in [0.2, 0.25) is 0 Å². The summed E-state index contributed by atoms with van der Waals surface area (Å²) in [5.41, 5.74) is 0.311. The number of nitrogens with zero attached hydrogens (tertiary/aromatic N) is 1. The van der Waals surface area contributed by atoms with Gasteiger partial charge < -0.3 is 10.6 Å². The average Bonchev–Trinajstić information content (AvgIpc) is 2.27. The number of nitro benzene ring substituents is 1. The van der Waals surface area contributed by atoms with Crippen molar-refractivity contribution in [1.82, 2.24) is 5.32 Å². The van der Waals surface area contributed by atoms with E-state index in [4.69, 9.17) is 0 Å². The predicted molar refractivity (Wildman–Crippen MR) is 60.3 cm³/mol. The van der Waals surface area contributed by atoms with Gasteiger partial charge in [-0.25, -0.2) is 0 Å². The molecule has 0 spiro atoms. The number of hydrogen-bond acceptors (Lipinski definition) is 4. The molecule has 16 heavy (non-hydrogen) atoms. The van der Waals surface area contributed by atoms with Crippen molar-refractivity contribution in [2.45, 2.75) is 6.92 Å². The van der Waals surface area contributed by atoms with Gasteiger partial charge in [0.1, 0.15) is 5.69 Å². The molecule has 0 heterocycles. The highest BCUT2D eigenvalue weighted by Gasteiger charge is 2.12. The normalized spacial score (nSPS) is 9.56. The highest BCUT2D eigenvalue weighted by molar-refractivity contribution is 5.81. The van der Waals surface area contributed by atoms with E-state index in [9.17, 15) is 14.9 Å². The van der Waals surface area contributed by atoms with Gasteiger partial charge in [-0.15, -0.1) is 0 Å². The van der Waals surface area contributed by atoms with Crippen LogP contribution in [0.15, 0.2) is 24.3 Å². The average molecular weight is 223 g/mol. The van der Waals surface area contributed by atoms with E-state index in [0.29, 0.717) is 12.2 Å². The van der Waals surface area contributed by atoms with Crippen LogP contribution in [0.3, 0.4) is 0 Å². The van der Waals surface area contributed by atoms with Crippen molar-refractivity contribution in [3.63, 3.8) is 0 Å². The largest absolute Gasteiger partial charge is 0.371 e. The quantitative estimate of drug-likeness (QED) is 0.579. The molecular weight excluding hydrogens is 210 g/mol. The molecule has 1 rings (SSSR count). The summed E-state index contributed by atoms with van der Waals surface area (Å²) >= 11 is 0. The van der Waals surface area contributed by atoms with Gasteiger partial charge in [0.05, 0.1) is 11.5 Å². The predicted octanol–water partition coefficient (Wildman–Crippen LogP) is 1.14. The molecule has 2 N–H and O–H groups in total. The topological polar surface area (TPSA) is 84.3 Å². The van der Waals surface area contributed by atoms with E-state index in [1.165, 1.54) is 6.07 Å². The standard InChI is InChI=1S/C10H13N3O3/c1-2-11-10(14)7-12-8-5-3-4-6-9(8)13(15)16/h3-6,12H,2,7H2,1H3,(H,11,14). The van der Waals surface area contributed by atoms with E-state index >= 15 is 0 Å². The van der Waals surface area contributed by atoms with Gasteiger partial charge in [-0.3, -0.25) is 14.9 Å². The number of para-hydroxylation sites is 2. The number of amides is 1. The molecule has 0 bridgehead atoms. The minimum Gasteiger partial charge on any atom is -0.371 e. The Morgan fingerprint density at radius 1 is 1.44 bits per heavy atom. The Labute approximate surface area is 92.8 Å². The molecule has 1 amide bonds. The second kappa shape index (κ2) is 5.69. The van der Waals surface area contributed by atoms with Crippen LogP contribution >= 0.6 is 0 Å². The molecule has 1 aromatic rings. The number of nitro groups is 1. The maximum atomic E-state index is 11.2. The van der Waals surface area contributed by atoms with Gasteiger partial charge in [-0.1, -0.05) is 12.1 Å². The van der Waals surface area contributed by atoms with Crippen molar-refractivity contribution in [3.8, 4) is 0 Å². The molecule has 1 aromatic carbocycles. The number of carbonyl (C=O) groups is 1. The number of carbonyl (C=O) groups excluding carboxylic acids is 1. The van der Waals surface area contributed by atoms with Crippen LogP contribution in [0.4, 0.5) is 11.4 Å². The molecule has 0 atom stereocenters. The third-order valence-corrected chi connectivity index (χ3v) is 1.91. The summed E-state index contributed by atoms with van der Waals surface area (Å²) < 4.78 is 0. The van der Waals surface area contributed by atoms with Crippen LogP contribution in [0.1, 0.15) is 6.92 Å². The number of anilines is 1. The summed E-state index contributed by atoms with van der Waals surface area (Å²) in [5.74, 6) is -0.194. The molecule has 0 unspecified atom stereocenters. The Bertz CT molecular complexity index is 393. The summed E-state index contributed by atoms with van der Waals surface area (Å²) in [6, 6.07) is 6.21. The molecule has 0 saturated carbocycles. The fourth-order valence-electron chi connectivity index (χ4n) is 1.22. The molecule has 0 radical (unpaired) electrons. The summed E-state index contributed by atoms with van der Waals surface area (Å²) in [7, 11) is 0. The lowest BCUT2D eigenvalue weighted by Gasteiger charge is -2.06. The SMILES string of the molecule is CCNC(=O)CNc1ccccc1[N+](=O)[O-]. The van der Waals surface area contributed by atoms with E-state index in [1.807, 2.05) is 6.92 Å². The van der Waals surface area contributed by atoms with E-state index in [-0.39, 0.29) is 18.1 Å².